The molecule has 0 atom stereocenters. The normalized spacial score (nSPS) is 17.2. The van der Waals surface area contributed by atoms with Crippen LogP contribution in [0.3, 0.4) is 0 Å². The highest BCUT2D eigenvalue weighted by molar-refractivity contribution is 7.09. The Balaban J connectivity index is 1.76. The predicted molar refractivity (Wildman–Crippen MR) is 80.1 cm³/mol. The summed E-state index contributed by atoms with van der Waals surface area (Å²) < 4.78 is 0. The molecule has 0 bridgehead atoms. The van der Waals surface area contributed by atoms with Crippen LogP contribution in [0.4, 0.5) is 0 Å². The van der Waals surface area contributed by atoms with E-state index in [0.29, 0.717) is 0 Å². The van der Waals surface area contributed by atoms with Gasteiger partial charge in [-0.25, -0.2) is 0 Å². The number of thiophene rings is 1. The lowest BCUT2D eigenvalue weighted by Crippen LogP contribution is -2.37. The highest BCUT2D eigenvalue weighted by Gasteiger charge is 2.12. The summed E-state index contributed by atoms with van der Waals surface area (Å²) >= 11 is 1.85. The van der Waals surface area contributed by atoms with E-state index in [1.54, 1.807) is 0 Å². The minimum atomic E-state index is 0.992. The first kappa shape index (κ1) is 13.8. The smallest absolute Gasteiger partial charge is 0.0331 e. The molecular weight excluding hydrogens is 240 g/mol. The van der Waals surface area contributed by atoms with E-state index >= 15 is 0 Å². The van der Waals surface area contributed by atoms with Crippen molar-refractivity contribution < 1.29 is 0 Å². The van der Waals surface area contributed by atoms with Gasteiger partial charge in [0.05, 0.1) is 0 Å². The second-order valence-electron chi connectivity index (χ2n) is 5.01. The van der Waals surface area contributed by atoms with Crippen molar-refractivity contribution in [2.45, 2.75) is 25.8 Å². The molecule has 18 heavy (non-hydrogen) atoms. The lowest BCUT2D eigenvalue weighted by atomic mass is 10.1. The first-order valence-electron chi connectivity index (χ1n) is 6.96. The van der Waals surface area contributed by atoms with E-state index in [1.165, 1.54) is 43.8 Å². The van der Waals surface area contributed by atoms with E-state index in [-0.39, 0.29) is 0 Å². The topological polar surface area (TPSA) is 6.48 Å². The van der Waals surface area contributed by atoms with Crippen LogP contribution in [-0.4, -0.2) is 42.5 Å². The van der Waals surface area contributed by atoms with Crippen molar-refractivity contribution in [3.63, 3.8) is 0 Å². The number of piperidine rings is 1. The van der Waals surface area contributed by atoms with Gasteiger partial charge < -0.3 is 4.90 Å². The van der Waals surface area contributed by atoms with Gasteiger partial charge in [0.15, 0.2) is 0 Å². The van der Waals surface area contributed by atoms with Crippen molar-refractivity contribution in [3.05, 3.63) is 35.0 Å². The third kappa shape index (κ3) is 4.56. The number of likely N-dealkylation sites (tertiary alicyclic amines) is 1. The van der Waals surface area contributed by atoms with Crippen molar-refractivity contribution in [1.82, 2.24) is 9.80 Å². The monoisotopic (exact) mass is 264 g/mol. The van der Waals surface area contributed by atoms with Crippen molar-refractivity contribution in [3.8, 4) is 0 Å². The Morgan fingerprint density at radius 1 is 1.33 bits per heavy atom. The molecule has 1 saturated heterocycles. The fourth-order valence-electron chi connectivity index (χ4n) is 2.51. The molecule has 1 fully saturated rings. The van der Waals surface area contributed by atoms with Gasteiger partial charge in [0.1, 0.15) is 0 Å². The third-order valence-corrected chi connectivity index (χ3v) is 4.39. The summed E-state index contributed by atoms with van der Waals surface area (Å²) in [6.07, 6.45) is 6.20. The maximum Gasteiger partial charge on any atom is 0.0331 e. The maximum absolute atomic E-state index is 3.87. The van der Waals surface area contributed by atoms with Crippen molar-refractivity contribution in [2.75, 3.05) is 32.7 Å². The maximum atomic E-state index is 3.87. The standard InChI is InChI=1S/C15H24N2S/c1-2-8-17(14-15-7-6-13-18-15)12-11-16-9-4-3-5-10-16/h2,6-7,13H,1,3-5,8-12,14H2. The average Bonchev–Trinajstić information content (AvgIpc) is 2.90. The fourth-order valence-corrected chi connectivity index (χ4v) is 3.25. The molecule has 1 aromatic heterocycles. The summed E-state index contributed by atoms with van der Waals surface area (Å²) in [6, 6.07) is 4.36. The molecule has 2 nitrogen and oxygen atoms in total. The average molecular weight is 264 g/mol. The van der Waals surface area contributed by atoms with E-state index < -0.39 is 0 Å². The van der Waals surface area contributed by atoms with Crippen LogP contribution in [0, 0.1) is 0 Å². The van der Waals surface area contributed by atoms with Crippen LogP contribution in [-0.2, 0) is 6.54 Å². The van der Waals surface area contributed by atoms with E-state index in [2.05, 4.69) is 33.9 Å². The highest BCUT2D eigenvalue weighted by Crippen LogP contribution is 2.13. The van der Waals surface area contributed by atoms with Crippen LogP contribution >= 0.6 is 11.3 Å². The van der Waals surface area contributed by atoms with Crippen LogP contribution in [0.5, 0.6) is 0 Å². The molecule has 2 rings (SSSR count). The fraction of sp³-hybridized carbons (Fsp3) is 0.600. The zero-order valence-electron chi connectivity index (χ0n) is 11.2. The molecule has 1 aliphatic rings. The summed E-state index contributed by atoms with van der Waals surface area (Å²) in [4.78, 5) is 6.55. The van der Waals surface area contributed by atoms with Crippen LogP contribution in [0.1, 0.15) is 24.1 Å². The van der Waals surface area contributed by atoms with Gasteiger partial charge in [-0.3, -0.25) is 4.90 Å². The minimum absolute atomic E-state index is 0.992. The summed E-state index contributed by atoms with van der Waals surface area (Å²) in [7, 11) is 0. The van der Waals surface area contributed by atoms with E-state index in [1.807, 2.05) is 17.4 Å². The molecule has 0 unspecified atom stereocenters. The van der Waals surface area contributed by atoms with E-state index in [9.17, 15) is 0 Å². The SMILES string of the molecule is C=CCN(CCN1CCCCC1)Cc1cccs1. The molecule has 0 N–H and O–H groups in total. The van der Waals surface area contributed by atoms with Crippen LogP contribution in [0.2, 0.25) is 0 Å². The van der Waals surface area contributed by atoms with Gasteiger partial charge in [-0.05, 0) is 37.4 Å². The second kappa shape index (κ2) is 7.72. The lowest BCUT2D eigenvalue weighted by molar-refractivity contribution is 0.186. The predicted octanol–water partition coefficient (Wildman–Crippen LogP) is 3.22. The van der Waals surface area contributed by atoms with Gasteiger partial charge in [0, 0.05) is 31.1 Å². The molecule has 0 saturated carbocycles. The van der Waals surface area contributed by atoms with Crippen LogP contribution in [0.15, 0.2) is 30.2 Å². The summed E-state index contributed by atoms with van der Waals surface area (Å²) in [5.41, 5.74) is 0. The molecule has 2 heterocycles. The van der Waals surface area contributed by atoms with Gasteiger partial charge >= 0.3 is 0 Å². The Hall–Kier alpha value is -0.640. The molecule has 1 aromatic rings. The van der Waals surface area contributed by atoms with E-state index in [0.717, 1.165) is 19.6 Å². The molecular formula is C15H24N2S. The summed E-state index contributed by atoms with van der Waals surface area (Å²) in [5, 5.41) is 2.16. The first-order chi connectivity index (χ1) is 8.88. The van der Waals surface area contributed by atoms with Gasteiger partial charge in [-0.1, -0.05) is 18.6 Å². The molecule has 0 aromatic carbocycles. The highest BCUT2D eigenvalue weighted by atomic mass is 32.1. The molecule has 0 aliphatic carbocycles. The molecule has 0 radical (unpaired) electrons. The molecule has 0 spiro atoms. The van der Waals surface area contributed by atoms with Crippen molar-refractivity contribution in [1.29, 1.82) is 0 Å². The van der Waals surface area contributed by atoms with E-state index in [4.69, 9.17) is 0 Å². The number of hydrogen-bond acceptors (Lipinski definition) is 3. The van der Waals surface area contributed by atoms with Crippen LogP contribution < -0.4 is 0 Å². The molecule has 1 aliphatic heterocycles. The number of rotatable bonds is 7. The summed E-state index contributed by atoms with van der Waals surface area (Å²) in [5.74, 6) is 0. The summed E-state index contributed by atoms with van der Waals surface area (Å²) in [6.45, 7) is 10.9. The van der Waals surface area contributed by atoms with Crippen LogP contribution in [0.25, 0.3) is 0 Å². The zero-order valence-corrected chi connectivity index (χ0v) is 12.0. The van der Waals surface area contributed by atoms with Crippen molar-refractivity contribution >= 4 is 11.3 Å². The van der Waals surface area contributed by atoms with Gasteiger partial charge in [-0.2, -0.15) is 0 Å². The second-order valence-corrected chi connectivity index (χ2v) is 6.04. The largest absolute Gasteiger partial charge is 0.302 e. The van der Waals surface area contributed by atoms with Crippen molar-refractivity contribution in [2.24, 2.45) is 0 Å². The Morgan fingerprint density at radius 2 is 2.17 bits per heavy atom. The number of nitrogens with zero attached hydrogens (tertiary/aromatic N) is 2. The van der Waals surface area contributed by atoms with Gasteiger partial charge in [0.2, 0.25) is 0 Å². The third-order valence-electron chi connectivity index (χ3n) is 3.53. The first-order valence-corrected chi connectivity index (χ1v) is 7.84. The van der Waals surface area contributed by atoms with Gasteiger partial charge in [0.25, 0.3) is 0 Å². The number of hydrogen-bond donors (Lipinski definition) is 0. The molecule has 3 heteroatoms. The molecule has 0 amide bonds. The zero-order chi connectivity index (χ0) is 12.6. The van der Waals surface area contributed by atoms with Gasteiger partial charge in [-0.15, -0.1) is 17.9 Å². The lowest BCUT2D eigenvalue weighted by Gasteiger charge is -2.29. The Bertz CT molecular complexity index is 328. The Kier molecular flexibility index (Phi) is 5.91. The Labute approximate surface area is 115 Å². The quantitative estimate of drug-likeness (QED) is 0.698. The Morgan fingerprint density at radius 3 is 2.83 bits per heavy atom. The minimum Gasteiger partial charge on any atom is -0.302 e. The molecule has 100 valence electrons.